The van der Waals surface area contributed by atoms with Crippen LogP contribution in [0.25, 0.3) is 0 Å². The molecule has 0 N–H and O–H groups in total. The summed E-state index contributed by atoms with van der Waals surface area (Å²) in [6, 6.07) is 3.75. The number of methoxy groups -OCH3 is 1. The first kappa shape index (κ1) is 28.4. The molecular weight excluding hydrogens is 426 g/mol. The highest BCUT2D eigenvalue weighted by Crippen LogP contribution is 2.26. The van der Waals surface area contributed by atoms with Crippen LogP contribution in [0.3, 0.4) is 0 Å². The van der Waals surface area contributed by atoms with Gasteiger partial charge in [-0.15, -0.1) is 4.91 Å². The van der Waals surface area contributed by atoms with Gasteiger partial charge in [-0.05, 0) is 37.1 Å². The lowest BCUT2D eigenvalue weighted by atomic mass is 10.0. The number of aldehydes is 1. The molecule has 1 aromatic carbocycles. The number of unbranched alkanes of at least 4 members (excludes halogenated alkanes) is 1. The zero-order chi connectivity index (χ0) is 23.3. The number of nitroso groups, excluding NO2 is 1. The number of amides is 1. The minimum absolute atomic E-state index is 0.000771. The first-order chi connectivity index (χ1) is 15.0. The molecule has 0 spiro atoms. The van der Waals surface area contributed by atoms with Crippen LogP contribution >= 0.6 is 11.6 Å². The molecule has 9 heteroatoms. The molecule has 1 saturated carbocycles. The smallest absolute Gasteiger partial charge is 0.434 e. The van der Waals surface area contributed by atoms with E-state index < -0.39 is 12.1 Å². The molecule has 2 rings (SSSR count). The van der Waals surface area contributed by atoms with Crippen molar-refractivity contribution in [3.8, 4) is 5.75 Å². The standard InChI is InChI=1S/C13H14ClNO6.C6H12.C3H4O/c1-19-6-2-3-7-20-13(17)21-11-5-4-9(8-10(11)14)12(16)15-18;1-2-4-6-5-3-1;1-2-3-4/h4-5,8H,2-3,6-7H2,1H3;1-6H2;2-3H,1H2. The molecule has 0 aliphatic heterocycles. The Morgan fingerprint density at radius 3 is 2.10 bits per heavy atom. The van der Waals surface area contributed by atoms with Crippen LogP contribution in [0.15, 0.2) is 36.0 Å². The fourth-order valence-corrected chi connectivity index (χ4v) is 2.67. The fraction of sp³-hybridized carbons (Fsp3) is 0.500. The Morgan fingerprint density at radius 2 is 1.65 bits per heavy atom. The molecule has 1 amide bonds. The number of carbonyl (C=O) groups excluding carboxylic acids is 3. The van der Waals surface area contributed by atoms with E-state index in [0.717, 1.165) is 6.42 Å². The summed E-state index contributed by atoms with van der Waals surface area (Å²) < 4.78 is 14.6. The maximum absolute atomic E-state index is 11.4. The van der Waals surface area contributed by atoms with Crippen molar-refractivity contribution in [2.45, 2.75) is 51.4 Å². The molecule has 0 aromatic heterocycles. The second-order valence-electron chi connectivity index (χ2n) is 6.44. The third kappa shape index (κ3) is 15.0. The van der Waals surface area contributed by atoms with Crippen LogP contribution in [0.4, 0.5) is 4.79 Å². The summed E-state index contributed by atoms with van der Waals surface area (Å²) in [6.45, 7) is 3.90. The SMILES string of the molecule is C1CCCCC1.C=CC=O.COCCCCOC(=O)Oc1ccc(C(=O)N=O)cc1Cl. The molecule has 172 valence electrons. The van der Waals surface area contributed by atoms with Crippen LogP contribution in [0.1, 0.15) is 61.7 Å². The zero-order valence-electron chi connectivity index (χ0n) is 17.8. The summed E-state index contributed by atoms with van der Waals surface area (Å²) >= 11 is 5.83. The quantitative estimate of drug-likeness (QED) is 0.120. The Labute approximate surface area is 187 Å². The van der Waals surface area contributed by atoms with Crippen molar-refractivity contribution >= 4 is 29.9 Å². The first-order valence-electron chi connectivity index (χ1n) is 10.1. The number of rotatable bonds is 8. The minimum atomic E-state index is -0.954. The molecule has 8 nitrogen and oxygen atoms in total. The average Bonchev–Trinajstić information content (AvgIpc) is 2.81. The van der Waals surface area contributed by atoms with Crippen LogP contribution < -0.4 is 4.74 Å². The van der Waals surface area contributed by atoms with E-state index in [9.17, 15) is 14.5 Å². The van der Waals surface area contributed by atoms with E-state index >= 15 is 0 Å². The molecule has 0 unspecified atom stereocenters. The topological polar surface area (TPSA) is 108 Å². The van der Waals surface area contributed by atoms with Gasteiger partial charge >= 0.3 is 12.1 Å². The van der Waals surface area contributed by atoms with Crippen molar-refractivity contribution in [3.63, 3.8) is 0 Å². The van der Waals surface area contributed by atoms with E-state index in [2.05, 4.69) is 11.8 Å². The van der Waals surface area contributed by atoms with Crippen molar-refractivity contribution in [2.75, 3.05) is 20.3 Å². The van der Waals surface area contributed by atoms with Crippen molar-refractivity contribution in [1.82, 2.24) is 0 Å². The predicted octanol–water partition coefficient (Wildman–Crippen LogP) is 5.90. The largest absolute Gasteiger partial charge is 0.513 e. The molecule has 0 radical (unpaired) electrons. The molecule has 1 aromatic rings. The van der Waals surface area contributed by atoms with Gasteiger partial charge in [-0.2, -0.15) is 0 Å². The van der Waals surface area contributed by atoms with Gasteiger partial charge in [0, 0.05) is 24.5 Å². The Kier molecular flexibility index (Phi) is 17.8. The number of hydrogen-bond acceptors (Lipinski definition) is 7. The van der Waals surface area contributed by atoms with Gasteiger partial charge in [-0.25, -0.2) is 4.79 Å². The van der Waals surface area contributed by atoms with Crippen molar-refractivity contribution in [1.29, 1.82) is 0 Å². The maximum Gasteiger partial charge on any atom is 0.513 e. The molecule has 0 bridgehead atoms. The summed E-state index contributed by atoms with van der Waals surface area (Å²) in [6.07, 6.45) is 11.3. The summed E-state index contributed by atoms with van der Waals surface area (Å²) in [7, 11) is 1.59. The van der Waals surface area contributed by atoms with Crippen molar-refractivity contribution in [3.05, 3.63) is 46.3 Å². The Hall–Kier alpha value is -2.58. The van der Waals surface area contributed by atoms with E-state index in [0.29, 0.717) is 19.3 Å². The van der Waals surface area contributed by atoms with Crippen LogP contribution in [0.5, 0.6) is 5.75 Å². The number of halogens is 1. The molecule has 0 atom stereocenters. The lowest BCUT2D eigenvalue weighted by molar-refractivity contribution is -0.104. The summed E-state index contributed by atoms with van der Waals surface area (Å²) in [4.78, 5) is 41.6. The molecular formula is C22H30ClNO7. The van der Waals surface area contributed by atoms with Gasteiger partial charge in [-0.3, -0.25) is 9.59 Å². The molecule has 1 fully saturated rings. The second-order valence-corrected chi connectivity index (χ2v) is 6.84. The van der Waals surface area contributed by atoms with Gasteiger partial charge in [-0.1, -0.05) is 56.7 Å². The van der Waals surface area contributed by atoms with Gasteiger partial charge in [0.25, 0.3) is 0 Å². The third-order valence-electron chi connectivity index (χ3n) is 4.01. The lowest BCUT2D eigenvalue weighted by Gasteiger charge is -2.07. The molecule has 1 aliphatic carbocycles. The van der Waals surface area contributed by atoms with Crippen LogP contribution in [-0.2, 0) is 14.3 Å². The molecule has 0 saturated heterocycles. The normalized spacial score (nSPS) is 12.1. The Bertz CT molecular complexity index is 673. The van der Waals surface area contributed by atoms with Crippen molar-refractivity contribution < 1.29 is 28.6 Å². The molecule has 1 aliphatic rings. The predicted molar refractivity (Wildman–Crippen MR) is 119 cm³/mol. The van der Waals surface area contributed by atoms with E-state index in [1.54, 1.807) is 7.11 Å². The Morgan fingerprint density at radius 1 is 1.10 bits per heavy atom. The lowest BCUT2D eigenvalue weighted by Crippen LogP contribution is -2.12. The van der Waals surface area contributed by atoms with E-state index in [-0.39, 0.29) is 22.9 Å². The van der Waals surface area contributed by atoms with Gasteiger partial charge in [0.2, 0.25) is 0 Å². The number of benzene rings is 1. The first-order valence-corrected chi connectivity index (χ1v) is 10.4. The highest BCUT2D eigenvalue weighted by atomic mass is 35.5. The summed E-state index contributed by atoms with van der Waals surface area (Å²) in [5.74, 6) is -0.926. The number of carbonyl (C=O) groups is 3. The molecule has 0 heterocycles. The van der Waals surface area contributed by atoms with Gasteiger partial charge in [0.1, 0.15) is 6.29 Å². The number of allylic oxidation sites excluding steroid dienone is 1. The number of hydrogen-bond donors (Lipinski definition) is 0. The highest BCUT2D eigenvalue weighted by molar-refractivity contribution is 6.32. The summed E-state index contributed by atoms with van der Waals surface area (Å²) in [5.41, 5.74) is 0.00952. The number of ether oxygens (including phenoxy) is 3. The van der Waals surface area contributed by atoms with Gasteiger partial charge in [0.05, 0.1) is 11.6 Å². The van der Waals surface area contributed by atoms with Crippen LogP contribution in [-0.4, -0.2) is 38.7 Å². The molecule has 31 heavy (non-hydrogen) atoms. The minimum Gasteiger partial charge on any atom is -0.434 e. The maximum atomic E-state index is 11.4. The highest BCUT2D eigenvalue weighted by Gasteiger charge is 2.13. The second kappa shape index (κ2) is 19.4. The van der Waals surface area contributed by atoms with Crippen molar-refractivity contribution in [2.24, 2.45) is 5.18 Å². The summed E-state index contributed by atoms with van der Waals surface area (Å²) in [5, 5.41) is 2.27. The van der Waals surface area contributed by atoms with Crippen LogP contribution in [0, 0.1) is 4.91 Å². The van der Waals surface area contributed by atoms with E-state index in [1.165, 1.54) is 62.8 Å². The van der Waals surface area contributed by atoms with Crippen LogP contribution in [0.2, 0.25) is 5.02 Å². The average molecular weight is 456 g/mol. The monoisotopic (exact) mass is 455 g/mol. The van der Waals surface area contributed by atoms with Gasteiger partial charge in [0.15, 0.2) is 5.75 Å². The van der Waals surface area contributed by atoms with E-state index in [1.807, 2.05) is 0 Å². The Balaban J connectivity index is 0.000000735. The number of nitrogens with zero attached hydrogens (tertiary/aromatic N) is 1. The third-order valence-corrected chi connectivity index (χ3v) is 4.31. The fourth-order valence-electron chi connectivity index (χ4n) is 2.45. The zero-order valence-corrected chi connectivity index (χ0v) is 18.6. The van der Waals surface area contributed by atoms with Gasteiger partial charge < -0.3 is 14.2 Å². The van der Waals surface area contributed by atoms with E-state index in [4.69, 9.17) is 30.6 Å².